The second-order valence-corrected chi connectivity index (χ2v) is 5.47. The number of aromatic nitrogens is 2. The fraction of sp³-hybridized carbons (Fsp3) is 0.429. The summed E-state index contributed by atoms with van der Waals surface area (Å²) in [4.78, 5) is 1.92. The lowest BCUT2D eigenvalue weighted by atomic mass is 10.7. The molecule has 0 atom stereocenters. The Bertz CT molecular complexity index is 324. The van der Waals surface area contributed by atoms with Crippen LogP contribution in [-0.4, -0.2) is 30.0 Å². The number of hydrogen-bond donors (Lipinski definition) is 0. The van der Waals surface area contributed by atoms with Gasteiger partial charge in [0.2, 0.25) is 5.13 Å². The number of nitrogens with zero attached hydrogens (tertiary/aromatic N) is 3. The van der Waals surface area contributed by atoms with E-state index in [0.717, 1.165) is 9.47 Å². The SMILES string of the molecule is CN(C)c1nnc(SC/C(Cl)=C/Cl)s1. The zero-order chi connectivity index (χ0) is 10.6. The Morgan fingerprint density at radius 3 is 2.79 bits per heavy atom. The average molecular weight is 270 g/mol. The Morgan fingerprint density at radius 2 is 2.29 bits per heavy atom. The lowest BCUT2D eigenvalue weighted by Crippen LogP contribution is -2.07. The molecule has 0 unspecified atom stereocenters. The van der Waals surface area contributed by atoms with Gasteiger partial charge in [-0.05, 0) is 0 Å². The van der Waals surface area contributed by atoms with Crippen molar-refractivity contribution >= 4 is 51.4 Å². The van der Waals surface area contributed by atoms with E-state index in [2.05, 4.69) is 10.2 Å². The third kappa shape index (κ3) is 3.65. The van der Waals surface area contributed by atoms with Crippen molar-refractivity contribution in [3.05, 3.63) is 10.6 Å². The lowest BCUT2D eigenvalue weighted by Gasteiger charge is -2.03. The van der Waals surface area contributed by atoms with E-state index >= 15 is 0 Å². The first kappa shape index (κ1) is 12.1. The molecule has 3 nitrogen and oxygen atoms in total. The molecule has 0 saturated carbocycles. The van der Waals surface area contributed by atoms with Gasteiger partial charge in [-0.3, -0.25) is 0 Å². The number of rotatable bonds is 4. The highest BCUT2D eigenvalue weighted by Crippen LogP contribution is 2.28. The highest BCUT2D eigenvalue weighted by molar-refractivity contribution is 8.01. The first-order valence-corrected chi connectivity index (χ1v) is 6.33. The smallest absolute Gasteiger partial charge is 0.208 e. The standard InChI is InChI=1S/C7H9Cl2N3S2/c1-12(2)6-10-11-7(14-6)13-4-5(9)3-8/h3H,4H2,1-2H3/b5-3-. The van der Waals surface area contributed by atoms with Gasteiger partial charge in [0.25, 0.3) is 0 Å². The van der Waals surface area contributed by atoms with E-state index in [1.165, 1.54) is 28.6 Å². The van der Waals surface area contributed by atoms with Gasteiger partial charge in [-0.15, -0.1) is 10.2 Å². The molecule has 0 amide bonds. The second-order valence-electron chi connectivity index (χ2n) is 2.59. The summed E-state index contributed by atoms with van der Waals surface area (Å²) in [7, 11) is 3.86. The minimum absolute atomic E-state index is 0.610. The summed E-state index contributed by atoms with van der Waals surface area (Å²) in [5, 5.41) is 9.50. The predicted molar refractivity (Wildman–Crippen MR) is 64.7 cm³/mol. The zero-order valence-electron chi connectivity index (χ0n) is 7.70. The molecular weight excluding hydrogens is 261 g/mol. The van der Waals surface area contributed by atoms with Crippen molar-refractivity contribution in [2.45, 2.75) is 4.34 Å². The Morgan fingerprint density at radius 1 is 1.57 bits per heavy atom. The number of halogens is 2. The number of hydrogen-bond acceptors (Lipinski definition) is 5. The maximum atomic E-state index is 5.74. The van der Waals surface area contributed by atoms with Crippen molar-refractivity contribution in [1.82, 2.24) is 10.2 Å². The summed E-state index contributed by atoms with van der Waals surface area (Å²) in [5.41, 5.74) is 1.36. The molecule has 0 N–H and O–H groups in total. The van der Waals surface area contributed by atoms with Crippen LogP contribution in [0.25, 0.3) is 0 Å². The van der Waals surface area contributed by atoms with Crippen LogP contribution in [0.3, 0.4) is 0 Å². The van der Waals surface area contributed by atoms with Crippen LogP contribution in [0.2, 0.25) is 0 Å². The summed E-state index contributed by atoms with van der Waals surface area (Å²) < 4.78 is 0.894. The topological polar surface area (TPSA) is 29.0 Å². The molecule has 0 aliphatic rings. The molecule has 1 aromatic rings. The summed E-state index contributed by atoms with van der Waals surface area (Å²) >= 11 is 14.2. The van der Waals surface area contributed by atoms with E-state index in [1.54, 1.807) is 0 Å². The summed E-state index contributed by atoms with van der Waals surface area (Å²) in [6.07, 6.45) is 0. The molecule has 0 spiro atoms. The monoisotopic (exact) mass is 269 g/mol. The van der Waals surface area contributed by atoms with Crippen molar-refractivity contribution < 1.29 is 0 Å². The third-order valence-corrected chi connectivity index (χ3v) is 4.28. The Kier molecular flexibility index (Phi) is 5.01. The molecule has 1 aromatic heterocycles. The van der Waals surface area contributed by atoms with E-state index < -0.39 is 0 Å². The van der Waals surface area contributed by atoms with Crippen LogP contribution >= 0.6 is 46.3 Å². The van der Waals surface area contributed by atoms with Gasteiger partial charge in [0, 0.05) is 30.4 Å². The van der Waals surface area contributed by atoms with Gasteiger partial charge >= 0.3 is 0 Å². The minimum atomic E-state index is 0.610. The molecule has 0 fully saturated rings. The Hall–Kier alpha value is 0.0300. The van der Waals surface area contributed by atoms with Crippen LogP contribution in [-0.2, 0) is 0 Å². The summed E-state index contributed by atoms with van der Waals surface area (Å²) in [6, 6.07) is 0. The van der Waals surface area contributed by atoms with Gasteiger partial charge in [-0.1, -0.05) is 46.3 Å². The number of thioether (sulfide) groups is 1. The number of anilines is 1. The average Bonchev–Trinajstić information content (AvgIpc) is 2.62. The van der Waals surface area contributed by atoms with Gasteiger partial charge in [0.05, 0.1) is 0 Å². The minimum Gasteiger partial charge on any atom is -0.353 e. The molecule has 0 aliphatic heterocycles. The molecule has 14 heavy (non-hydrogen) atoms. The van der Waals surface area contributed by atoms with E-state index in [-0.39, 0.29) is 0 Å². The molecule has 0 radical (unpaired) electrons. The van der Waals surface area contributed by atoms with Gasteiger partial charge < -0.3 is 4.90 Å². The van der Waals surface area contributed by atoms with Crippen LogP contribution in [0.4, 0.5) is 5.13 Å². The van der Waals surface area contributed by atoms with Crippen molar-refractivity contribution in [2.24, 2.45) is 0 Å². The largest absolute Gasteiger partial charge is 0.353 e. The molecule has 0 aliphatic carbocycles. The van der Waals surface area contributed by atoms with Crippen molar-refractivity contribution in [2.75, 3.05) is 24.7 Å². The van der Waals surface area contributed by atoms with Crippen LogP contribution in [0.1, 0.15) is 0 Å². The first-order chi connectivity index (χ1) is 6.63. The van der Waals surface area contributed by atoms with Gasteiger partial charge in [-0.25, -0.2) is 0 Å². The quantitative estimate of drug-likeness (QED) is 0.786. The maximum absolute atomic E-state index is 5.74. The fourth-order valence-corrected chi connectivity index (χ4v) is 2.52. The lowest BCUT2D eigenvalue weighted by molar-refractivity contribution is 0.973. The normalized spacial score (nSPS) is 11.9. The maximum Gasteiger partial charge on any atom is 0.208 e. The van der Waals surface area contributed by atoms with Gasteiger partial charge in [0.15, 0.2) is 4.34 Å². The molecule has 7 heteroatoms. The molecule has 0 aromatic carbocycles. The molecule has 78 valence electrons. The Labute approximate surface area is 101 Å². The summed E-state index contributed by atoms with van der Waals surface area (Å²) in [5.74, 6) is 0.632. The predicted octanol–water partition coefficient (Wildman–Crippen LogP) is 3.02. The van der Waals surface area contributed by atoms with Crippen molar-refractivity contribution in [3.63, 3.8) is 0 Å². The first-order valence-electron chi connectivity index (χ1n) is 3.72. The van der Waals surface area contributed by atoms with E-state index in [9.17, 15) is 0 Å². The van der Waals surface area contributed by atoms with Crippen LogP contribution < -0.4 is 4.90 Å². The van der Waals surface area contributed by atoms with Crippen LogP contribution in [0, 0.1) is 0 Å². The molecular formula is C7H9Cl2N3S2. The third-order valence-electron chi connectivity index (χ3n) is 1.23. The van der Waals surface area contributed by atoms with Gasteiger partial charge in [0.1, 0.15) is 0 Å². The highest BCUT2D eigenvalue weighted by atomic mass is 35.5. The highest BCUT2D eigenvalue weighted by Gasteiger charge is 2.06. The van der Waals surface area contributed by atoms with Gasteiger partial charge in [-0.2, -0.15) is 0 Å². The molecule has 1 heterocycles. The molecule has 0 saturated heterocycles. The van der Waals surface area contributed by atoms with Crippen molar-refractivity contribution in [1.29, 1.82) is 0 Å². The molecule has 1 rings (SSSR count). The van der Waals surface area contributed by atoms with E-state index in [1.807, 2.05) is 19.0 Å². The van der Waals surface area contributed by atoms with Crippen LogP contribution in [0.5, 0.6) is 0 Å². The fourth-order valence-electron chi connectivity index (χ4n) is 0.604. The second kappa shape index (κ2) is 5.80. The van der Waals surface area contributed by atoms with Crippen LogP contribution in [0.15, 0.2) is 14.9 Å². The van der Waals surface area contributed by atoms with E-state index in [4.69, 9.17) is 23.2 Å². The molecule has 0 bridgehead atoms. The van der Waals surface area contributed by atoms with Crippen molar-refractivity contribution in [3.8, 4) is 0 Å². The zero-order valence-corrected chi connectivity index (χ0v) is 10.8. The Balaban J connectivity index is 2.52. The van der Waals surface area contributed by atoms with E-state index in [0.29, 0.717) is 10.8 Å². The summed E-state index contributed by atoms with van der Waals surface area (Å²) in [6.45, 7) is 0.